The predicted molar refractivity (Wildman–Crippen MR) is 170 cm³/mol. The van der Waals surface area contributed by atoms with Crippen molar-refractivity contribution in [1.29, 1.82) is 0 Å². The molecule has 42 heavy (non-hydrogen) atoms. The molecule has 2 unspecified atom stereocenters. The first-order chi connectivity index (χ1) is 18.7. The Morgan fingerprint density at radius 2 is 1.02 bits per heavy atom. The van der Waals surface area contributed by atoms with E-state index < -0.39 is 28.1 Å². The van der Waals surface area contributed by atoms with Gasteiger partial charge in [0.1, 0.15) is 11.5 Å². The molecule has 2 N–H and O–H groups in total. The van der Waals surface area contributed by atoms with E-state index in [4.69, 9.17) is 29.8 Å². The molecule has 1 radical (unpaired) electrons. The normalized spacial score (nSPS) is 16.7. The second-order valence-corrected chi connectivity index (χ2v) is 22.8. The Morgan fingerprint density at radius 3 is 1.29 bits per heavy atom. The summed E-state index contributed by atoms with van der Waals surface area (Å²) in [5, 5.41) is 41.5. The zero-order chi connectivity index (χ0) is 31.7. The number of nitrogens with zero attached hydrogens (tertiary/aromatic N) is 2. The van der Waals surface area contributed by atoms with Gasteiger partial charge in [0.05, 0.1) is 28.2 Å². The molecule has 0 aliphatic heterocycles. The van der Waals surface area contributed by atoms with E-state index in [1.807, 2.05) is 26.3 Å². The number of hydrogen-bond donors (Lipinski definition) is 2. The third kappa shape index (κ3) is 13.5. The number of hydrogen-bond acceptors (Lipinski definition) is 8. The Labute approximate surface area is 263 Å². The topological polar surface area (TPSA) is 145 Å². The second-order valence-electron chi connectivity index (χ2n) is 12.6. The van der Waals surface area contributed by atoms with Crippen molar-refractivity contribution in [2.24, 2.45) is 9.98 Å². The van der Waals surface area contributed by atoms with Gasteiger partial charge in [-0.3, -0.25) is 9.98 Å². The minimum absolute atomic E-state index is 0. The number of aliphatic carboxylic acids is 2. The van der Waals surface area contributed by atoms with Gasteiger partial charge >= 0.3 is 16.8 Å². The number of carbonyl (C=O) groups is 2. The first kappa shape index (κ1) is 39.3. The van der Waals surface area contributed by atoms with E-state index in [-0.39, 0.29) is 28.9 Å². The molecule has 2 aromatic rings. The van der Waals surface area contributed by atoms with Crippen LogP contribution in [0.25, 0.3) is 0 Å². The molecule has 1 saturated carbocycles. The Hall–Kier alpha value is -2.74. The Bertz CT molecular complexity index is 1180. The van der Waals surface area contributed by atoms with Crippen LogP contribution in [0.3, 0.4) is 0 Å². The van der Waals surface area contributed by atoms with Crippen LogP contribution in [0.2, 0.25) is 39.3 Å². The van der Waals surface area contributed by atoms with Crippen LogP contribution in [-0.4, -0.2) is 62.8 Å². The maximum absolute atomic E-state index is 10.5. The van der Waals surface area contributed by atoms with Gasteiger partial charge in [0.25, 0.3) is 0 Å². The summed E-state index contributed by atoms with van der Waals surface area (Å²) in [5.41, 5.74) is 3.48. The fraction of sp³-hybridized carbons (Fsp3) is 0.484. The van der Waals surface area contributed by atoms with Gasteiger partial charge in [-0.15, -0.1) is 0 Å². The Morgan fingerprint density at radius 1 is 0.738 bits per heavy atom. The summed E-state index contributed by atoms with van der Waals surface area (Å²) in [6.07, 6.45) is 6.59. The molecule has 0 aromatic heterocycles. The average Bonchev–Trinajstić information content (AvgIpc) is 3.26. The predicted octanol–water partition coefficient (Wildman–Crippen LogP) is 2.77. The van der Waals surface area contributed by atoms with Crippen molar-refractivity contribution >= 4 is 50.9 Å². The van der Waals surface area contributed by atoms with Crippen LogP contribution < -0.4 is 20.6 Å². The summed E-state index contributed by atoms with van der Waals surface area (Å²) in [7, 11) is -2.94. The van der Waals surface area contributed by atoms with Crippen LogP contribution in [0.4, 0.5) is 0 Å². The Kier molecular flexibility index (Phi) is 15.7. The van der Waals surface area contributed by atoms with E-state index in [1.165, 1.54) is 10.4 Å². The minimum atomic E-state index is -1.47. The quantitative estimate of drug-likeness (QED) is 0.361. The van der Waals surface area contributed by atoms with E-state index >= 15 is 0 Å². The molecule has 3 rings (SSSR count). The fourth-order valence-electron chi connectivity index (χ4n) is 4.25. The molecule has 1 fully saturated rings. The molecule has 0 saturated heterocycles. The van der Waals surface area contributed by atoms with E-state index in [2.05, 4.69) is 63.5 Å². The van der Waals surface area contributed by atoms with Gasteiger partial charge in [0, 0.05) is 35.5 Å². The van der Waals surface area contributed by atoms with E-state index in [9.17, 15) is 10.2 Å². The third-order valence-corrected chi connectivity index (χ3v) is 10.7. The van der Waals surface area contributed by atoms with E-state index in [0.29, 0.717) is 11.5 Å². The summed E-state index contributed by atoms with van der Waals surface area (Å²) in [6.45, 7) is 19.8. The maximum atomic E-state index is 10.5. The largest absolute Gasteiger partial charge is 2.00 e. The molecule has 1 aliphatic carbocycles. The second kappa shape index (κ2) is 16.8. The Balaban J connectivity index is 0.00000166. The van der Waals surface area contributed by atoms with Crippen LogP contribution >= 0.6 is 0 Å². The van der Waals surface area contributed by atoms with Crippen LogP contribution in [0.5, 0.6) is 11.5 Å². The van der Waals surface area contributed by atoms with Crippen molar-refractivity contribution in [1.82, 2.24) is 0 Å². The molecule has 0 spiro atoms. The number of rotatable bonds is 6. The van der Waals surface area contributed by atoms with Gasteiger partial charge < -0.3 is 30.0 Å². The van der Waals surface area contributed by atoms with Gasteiger partial charge in [-0.05, 0) is 58.1 Å². The van der Waals surface area contributed by atoms with Crippen molar-refractivity contribution in [2.45, 2.75) is 98.3 Å². The number of phenolic OH excluding ortho intramolecular Hbond substituents is 2. The van der Waals surface area contributed by atoms with Gasteiger partial charge in [0.15, 0.2) is 0 Å². The monoisotopic (exact) mass is 657 g/mol. The molecule has 2 atom stereocenters. The van der Waals surface area contributed by atoms with Crippen molar-refractivity contribution in [2.75, 3.05) is 0 Å². The number of benzene rings is 2. The molecule has 8 nitrogen and oxygen atoms in total. The third-order valence-electron chi connectivity index (χ3n) is 6.62. The van der Waals surface area contributed by atoms with Gasteiger partial charge in [-0.25, -0.2) is 0 Å². The van der Waals surface area contributed by atoms with Gasteiger partial charge in [-0.1, -0.05) is 73.9 Å². The van der Waals surface area contributed by atoms with E-state index in [1.54, 1.807) is 0 Å². The van der Waals surface area contributed by atoms with Crippen molar-refractivity contribution in [3.63, 3.8) is 0 Å². The number of carbonyl (C=O) groups excluding carboxylic acids is 2. The molecule has 2 aromatic carbocycles. The van der Waals surface area contributed by atoms with Gasteiger partial charge in [0.2, 0.25) is 0 Å². The molecule has 0 amide bonds. The number of carboxylic acids is 2. The summed E-state index contributed by atoms with van der Waals surface area (Å²) in [5.74, 6) is -1.50. The maximum Gasteiger partial charge on any atom is 2.00 e. The number of phenols is 2. The molecule has 1 aliphatic rings. The van der Waals surface area contributed by atoms with Crippen molar-refractivity contribution in [3.05, 3.63) is 46.5 Å². The number of aromatic hydroxyl groups is 2. The van der Waals surface area contributed by atoms with Crippen molar-refractivity contribution in [3.8, 4) is 11.5 Å². The summed E-state index contributed by atoms with van der Waals surface area (Å²) >= 11 is 0. The first-order valence-electron chi connectivity index (χ1n) is 13.8. The van der Waals surface area contributed by atoms with Crippen LogP contribution in [0, 0.1) is 13.8 Å². The standard InChI is InChI=1S/C27H40N2O2Si2.2C2H4O2.Co/c1-18-11-24(32(3,4)5)13-20(26(18)30)16-28-22-9-10-23(15-22)29-17-21-14-25(33(6,7)8)12-19(2)27(21)31;2*1-2(3)4;/h11-14,16-17,22-23,30-31H,9-10,15H2,1-8H3;2*1H3,(H,3,4);/q;;;+2/p-2. The molecule has 0 heterocycles. The molecular weight excluding hydrogens is 611 g/mol. The minimum Gasteiger partial charge on any atom is -0.550 e. The summed E-state index contributed by atoms with van der Waals surface area (Å²) in [6, 6.07) is 8.89. The van der Waals surface area contributed by atoms with Crippen LogP contribution in [0.15, 0.2) is 34.3 Å². The number of aliphatic imine (C=N–C) groups is 2. The summed E-state index contributed by atoms with van der Waals surface area (Å²) in [4.78, 5) is 27.4. The molecule has 11 heteroatoms. The number of aryl methyl sites for hydroxylation is 2. The molecule has 0 bridgehead atoms. The number of carboxylic acid groups (broad SMARTS) is 2. The zero-order valence-electron chi connectivity index (χ0n) is 26.5. The van der Waals surface area contributed by atoms with Crippen molar-refractivity contribution < 1.29 is 46.8 Å². The van der Waals surface area contributed by atoms with Gasteiger partial charge in [-0.2, -0.15) is 0 Å². The average molecular weight is 658 g/mol. The zero-order valence-corrected chi connectivity index (χ0v) is 29.5. The molecular formula is C31H46CoN2O6Si2. The van der Waals surface area contributed by atoms with Crippen LogP contribution in [-0.2, 0) is 26.4 Å². The fourth-order valence-corrected chi connectivity index (χ4v) is 6.73. The van der Waals surface area contributed by atoms with Crippen LogP contribution in [0.1, 0.15) is 55.4 Å². The first-order valence-corrected chi connectivity index (χ1v) is 20.8. The smallest absolute Gasteiger partial charge is 0.550 e. The summed E-state index contributed by atoms with van der Waals surface area (Å²) < 4.78 is 0. The SMILES string of the molecule is CC(=O)[O-].CC(=O)[O-].Cc1cc([Si](C)(C)C)cc(C=NC2CCC(N=Cc3cc([Si](C)(C)C)cc(C)c3O)C2)c1O.[Co+2]. The van der Waals surface area contributed by atoms with E-state index in [0.717, 1.165) is 55.4 Å². The molecule has 233 valence electrons.